The van der Waals surface area contributed by atoms with E-state index in [0.29, 0.717) is 40.7 Å². The van der Waals surface area contributed by atoms with Crippen LogP contribution in [0.15, 0.2) is 72.8 Å². The van der Waals surface area contributed by atoms with Crippen LogP contribution in [0.4, 0.5) is 5.13 Å². The van der Waals surface area contributed by atoms with Gasteiger partial charge in [0.2, 0.25) is 0 Å². The smallest absolute Gasteiger partial charge is 0.260 e. The van der Waals surface area contributed by atoms with Gasteiger partial charge in [0, 0.05) is 29.8 Å². The number of likely N-dealkylation sites (N-methyl/N-ethyl adjacent to an activating group) is 1. The number of nitrogens with zero attached hydrogens (tertiary/aromatic N) is 3. The molecule has 3 aromatic carbocycles. The number of thiazole rings is 1. The lowest BCUT2D eigenvalue weighted by Gasteiger charge is -2.22. The number of carbonyl (C=O) groups is 2. The van der Waals surface area contributed by atoms with Crippen LogP contribution >= 0.6 is 23.7 Å². The molecule has 0 aliphatic carbocycles. The molecular weight excluding hydrogens is 470 g/mol. The van der Waals surface area contributed by atoms with Gasteiger partial charge in [-0.15, -0.1) is 12.4 Å². The first-order chi connectivity index (χ1) is 16.0. The number of fused-ring (bicyclic) bond motifs is 1. The van der Waals surface area contributed by atoms with Crippen molar-refractivity contribution in [3.8, 4) is 5.75 Å². The van der Waals surface area contributed by atoms with Crippen LogP contribution in [0.2, 0.25) is 0 Å². The van der Waals surface area contributed by atoms with Crippen molar-refractivity contribution in [1.29, 1.82) is 0 Å². The zero-order valence-electron chi connectivity index (χ0n) is 19.2. The van der Waals surface area contributed by atoms with E-state index < -0.39 is 0 Å². The van der Waals surface area contributed by atoms with Crippen LogP contribution in [0.3, 0.4) is 0 Å². The Hall–Kier alpha value is -3.26. The van der Waals surface area contributed by atoms with Crippen molar-refractivity contribution >= 4 is 50.8 Å². The number of aromatic nitrogens is 1. The van der Waals surface area contributed by atoms with E-state index in [0.717, 1.165) is 10.2 Å². The molecule has 0 radical (unpaired) electrons. The molecule has 0 aliphatic rings. The van der Waals surface area contributed by atoms with E-state index in [1.165, 1.54) is 11.3 Å². The number of hydrogen-bond acceptors (Lipinski definition) is 6. The molecule has 1 heterocycles. The van der Waals surface area contributed by atoms with E-state index in [1.54, 1.807) is 48.4 Å². The van der Waals surface area contributed by atoms with E-state index in [4.69, 9.17) is 9.72 Å². The Labute approximate surface area is 209 Å². The number of ether oxygens (including phenoxy) is 1. The van der Waals surface area contributed by atoms with Gasteiger partial charge >= 0.3 is 0 Å². The quantitative estimate of drug-likeness (QED) is 0.316. The van der Waals surface area contributed by atoms with Gasteiger partial charge in [0.05, 0.1) is 11.8 Å². The number of halogens is 1. The molecule has 0 N–H and O–H groups in total. The highest BCUT2D eigenvalue weighted by molar-refractivity contribution is 7.22. The minimum absolute atomic E-state index is 0. The van der Waals surface area contributed by atoms with Crippen LogP contribution < -0.4 is 9.64 Å². The van der Waals surface area contributed by atoms with Gasteiger partial charge in [-0.3, -0.25) is 14.5 Å². The summed E-state index contributed by atoms with van der Waals surface area (Å²) in [5, 5.41) is 0.616. The molecule has 0 bridgehead atoms. The van der Waals surface area contributed by atoms with Crippen molar-refractivity contribution in [3.05, 3.63) is 89.5 Å². The topological polar surface area (TPSA) is 62.7 Å². The SMILES string of the molecule is COc1cccc2sc(N(CCN(C)C)C(=O)c3ccc(C(=O)c4ccccc4)cc3)nc12.Cl. The molecule has 176 valence electrons. The Morgan fingerprint density at radius 3 is 2.15 bits per heavy atom. The Kier molecular flexibility index (Phi) is 8.39. The van der Waals surface area contributed by atoms with Crippen LogP contribution in [0.25, 0.3) is 10.2 Å². The van der Waals surface area contributed by atoms with Crippen molar-refractivity contribution in [2.75, 3.05) is 39.2 Å². The number of rotatable bonds is 8. The Morgan fingerprint density at radius 2 is 1.50 bits per heavy atom. The highest BCUT2D eigenvalue weighted by Gasteiger charge is 2.23. The van der Waals surface area contributed by atoms with Crippen molar-refractivity contribution < 1.29 is 14.3 Å². The molecular formula is C26H26ClN3O3S. The molecule has 1 aromatic heterocycles. The van der Waals surface area contributed by atoms with Gasteiger partial charge in [0.1, 0.15) is 11.3 Å². The maximum atomic E-state index is 13.5. The summed E-state index contributed by atoms with van der Waals surface area (Å²) in [6.07, 6.45) is 0. The minimum atomic E-state index is -0.159. The van der Waals surface area contributed by atoms with Crippen LogP contribution in [0.5, 0.6) is 5.75 Å². The fourth-order valence-electron chi connectivity index (χ4n) is 3.45. The molecule has 0 aliphatic heterocycles. The second kappa shape index (κ2) is 11.2. The number of methoxy groups -OCH3 is 1. The molecule has 1 amide bonds. The summed E-state index contributed by atoms with van der Waals surface area (Å²) in [5.74, 6) is 0.449. The number of hydrogen-bond donors (Lipinski definition) is 0. The van der Waals surface area contributed by atoms with Crippen LogP contribution in [-0.2, 0) is 0 Å². The monoisotopic (exact) mass is 495 g/mol. The third-order valence-corrected chi connectivity index (χ3v) is 6.31. The third kappa shape index (κ3) is 5.44. The second-order valence-corrected chi connectivity index (χ2v) is 8.85. The van der Waals surface area contributed by atoms with Gasteiger partial charge in [0.15, 0.2) is 10.9 Å². The van der Waals surface area contributed by atoms with Crippen molar-refractivity contribution in [1.82, 2.24) is 9.88 Å². The summed E-state index contributed by atoms with van der Waals surface area (Å²) in [5.41, 5.74) is 2.41. The van der Waals surface area contributed by atoms with Gasteiger partial charge < -0.3 is 9.64 Å². The first-order valence-electron chi connectivity index (χ1n) is 10.6. The Balaban J connectivity index is 0.00000324. The summed E-state index contributed by atoms with van der Waals surface area (Å²) in [6.45, 7) is 1.17. The van der Waals surface area contributed by atoms with Crippen LogP contribution in [0.1, 0.15) is 26.3 Å². The average Bonchev–Trinajstić information content (AvgIpc) is 3.28. The van der Waals surface area contributed by atoms with Crippen LogP contribution in [-0.4, -0.2) is 55.9 Å². The average molecular weight is 496 g/mol. The van der Waals surface area contributed by atoms with Gasteiger partial charge in [-0.25, -0.2) is 4.98 Å². The summed E-state index contributed by atoms with van der Waals surface area (Å²) in [7, 11) is 5.54. The molecule has 0 spiro atoms. The summed E-state index contributed by atoms with van der Waals surface area (Å²) < 4.78 is 6.39. The largest absolute Gasteiger partial charge is 0.494 e. The summed E-state index contributed by atoms with van der Waals surface area (Å²) in [6, 6.07) is 21.7. The number of para-hydroxylation sites is 1. The number of benzene rings is 3. The molecule has 34 heavy (non-hydrogen) atoms. The fourth-order valence-corrected chi connectivity index (χ4v) is 4.46. The maximum absolute atomic E-state index is 13.5. The molecule has 4 rings (SSSR count). The molecule has 6 nitrogen and oxygen atoms in total. The molecule has 4 aromatic rings. The molecule has 0 saturated carbocycles. The highest BCUT2D eigenvalue weighted by Crippen LogP contribution is 2.34. The van der Waals surface area contributed by atoms with E-state index in [1.807, 2.05) is 55.4 Å². The predicted molar refractivity (Wildman–Crippen MR) is 140 cm³/mol. The Bertz CT molecular complexity index is 1270. The molecule has 8 heteroatoms. The molecule has 0 fully saturated rings. The standard InChI is InChI=1S/C26H25N3O3S.ClH/c1-28(2)16-17-29(26-27-23-21(32-3)10-7-11-22(23)33-26)25(31)20-14-12-19(13-15-20)24(30)18-8-5-4-6-9-18;/h4-15H,16-17H2,1-3H3;1H. The Morgan fingerprint density at radius 1 is 0.853 bits per heavy atom. The first kappa shape index (κ1) is 25.4. The fraction of sp³-hybridized carbons (Fsp3) is 0.192. The number of anilines is 1. The highest BCUT2D eigenvalue weighted by atomic mass is 35.5. The van der Waals surface area contributed by atoms with E-state index in [2.05, 4.69) is 0 Å². The first-order valence-corrected chi connectivity index (χ1v) is 11.4. The number of amides is 1. The van der Waals surface area contributed by atoms with Crippen LogP contribution in [0, 0.1) is 0 Å². The van der Waals surface area contributed by atoms with Crippen molar-refractivity contribution in [3.63, 3.8) is 0 Å². The van der Waals surface area contributed by atoms with Gasteiger partial charge in [-0.05, 0) is 38.4 Å². The predicted octanol–water partition coefficient (Wildman–Crippen LogP) is 5.17. The maximum Gasteiger partial charge on any atom is 0.260 e. The van der Waals surface area contributed by atoms with E-state index in [-0.39, 0.29) is 24.1 Å². The lowest BCUT2D eigenvalue weighted by atomic mass is 10.0. The minimum Gasteiger partial charge on any atom is -0.494 e. The van der Waals surface area contributed by atoms with Gasteiger partial charge in [0.25, 0.3) is 5.91 Å². The van der Waals surface area contributed by atoms with Crippen molar-refractivity contribution in [2.45, 2.75) is 0 Å². The van der Waals surface area contributed by atoms with Gasteiger partial charge in [-0.2, -0.15) is 0 Å². The third-order valence-electron chi connectivity index (χ3n) is 5.27. The normalized spacial score (nSPS) is 10.7. The summed E-state index contributed by atoms with van der Waals surface area (Å²) in [4.78, 5) is 34.6. The summed E-state index contributed by atoms with van der Waals surface area (Å²) >= 11 is 1.46. The van der Waals surface area contributed by atoms with E-state index in [9.17, 15) is 9.59 Å². The number of ketones is 1. The lowest BCUT2D eigenvalue weighted by molar-refractivity contribution is 0.0982. The number of carbonyl (C=O) groups excluding carboxylic acids is 2. The van der Waals surface area contributed by atoms with E-state index >= 15 is 0 Å². The molecule has 0 atom stereocenters. The van der Waals surface area contributed by atoms with Gasteiger partial charge in [-0.1, -0.05) is 59.9 Å². The van der Waals surface area contributed by atoms with Crippen molar-refractivity contribution in [2.24, 2.45) is 0 Å². The zero-order valence-corrected chi connectivity index (χ0v) is 20.9. The zero-order chi connectivity index (χ0) is 23.4. The second-order valence-electron chi connectivity index (χ2n) is 7.84. The lowest BCUT2D eigenvalue weighted by Crippen LogP contribution is -2.36. The molecule has 0 saturated heterocycles. The molecule has 0 unspecified atom stereocenters.